The van der Waals surface area contributed by atoms with E-state index in [9.17, 15) is 8.42 Å². The molecule has 0 saturated heterocycles. The van der Waals surface area contributed by atoms with Gasteiger partial charge >= 0.3 is 0 Å². The Morgan fingerprint density at radius 3 is 2.94 bits per heavy atom. The number of sulfonamides is 1. The summed E-state index contributed by atoms with van der Waals surface area (Å²) >= 11 is 1.35. The van der Waals surface area contributed by atoms with Crippen LogP contribution in [0.1, 0.15) is 20.3 Å². The van der Waals surface area contributed by atoms with E-state index in [-0.39, 0.29) is 10.8 Å². The molecule has 0 aromatic carbocycles. The zero-order chi connectivity index (χ0) is 13.3. The van der Waals surface area contributed by atoms with Gasteiger partial charge in [0.05, 0.1) is 0 Å². The maximum Gasteiger partial charge on any atom is 0.260 e. The fraction of sp³-hybridized carbons (Fsp3) is 0.500. The molecule has 0 spiro atoms. The number of aromatic nitrogens is 2. The van der Waals surface area contributed by atoms with Gasteiger partial charge in [-0.1, -0.05) is 13.8 Å². The van der Waals surface area contributed by atoms with Crippen molar-refractivity contribution in [3.05, 3.63) is 11.6 Å². The van der Waals surface area contributed by atoms with Gasteiger partial charge in [-0.25, -0.2) is 18.1 Å². The number of nitrogens with one attached hydrogen (secondary N) is 1. The number of anilines is 1. The van der Waals surface area contributed by atoms with E-state index in [0.29, 0.717) is 17.4 Å². The summed E-state index contributed by atoms with van der Waals surface area (Å²) in [6, 6.07) is 0. The van der Waals surface area contributed by atoms with Crippen molar-refractivity contribution in [2.45, 2.75) is 25.3 Å². The Labute approximate surface area is 110 Å². The summed E-state index contributed by atoms with van der Waals surface area (Å²) in [6.45, 7) is 4.48. The second-order valence-electron chi connectivity index (χ2n) is 4.44. The summed E-state index contributed by atoms with van der Waals surface area (Å²) in [5.74, 6) is 0.482. The molecule has 3 N–H and O–H groups in total. The number of nitrogen functional groups attached to an aromatic ring is 1. The first-order valence-corrected chi connectivity index (χ1v) is 7.99. The van der Waals surface area contributed by atoms with Crippen LogP contribution in [0.3, 0.4) is 0 Å². The van der Waals surface area contributed by atoms with E-state index in [4.69, 9.17) is 5.73 Å². The molecule has 2 heterocycles. The molecule has 0 bridgehead atoms. The van der Waals surface area contributed by atoms with Crippen molar-refractivity contribution < 1.29 is 8.42 Å². The van der Waals surface area contributed by atoms with Gasteiger partial charge in [0.1, 0.15) is 0 Å². The predicted octanol–water partition coefficient (Wildman–Crippen LogP) is 1.30. The Kier molecular flexibility index (Phi) is 3.60. The van der Waals surface area contributed by atoms with Gasteiger partial charge in [-0.2, -0.15) is 0 Å². The normalized spacial score (nSPS) is 12.6. The summed E-state index contributed by atoms with van der Waals surface area (Å²) < 4.78 is 28.4. The van der Waals surface area contributed by atoms with Crippen LogP contribution in [0.25, 0.3) is 4.96 Å². The van der Waals surface area contributed by atoms with Crippen molar-refractivity contribution in [3.8, 4) is 0 Å². The van der Waals surface area contributed by atoms with Crippen LogP contribution < -0.4 is 10.5 Å². The summed E-state index contributed by atoms with van der Waals surface area (Å²) in [5, 5.41) is 1.80. The average molecular weight is 288 g/mol. The van der Waals surface area contributed by atoms with E-state index >= 15 is 0 Å². The predicted molar refractivity (Wildman–Crippen MR) is 72.1 cm³/mol. The maximum atomic E-state index is 12.2. The minimum absolute atomic E-state index is 0.0301. The van der Waals surface area contributed by atoms with Gasteiger partial charge in [-0.15, -0.1) is 11.3 Å². The Morgan fingerprint density at radius 1 is 1.56 bits per heavy atom. The summed E-state index contributed by atoms with van der Waals surface area (Å²) in [6.07, 6.45) is 2.44. The fourth-order valence-corrected chi connectivity index (χ4v) is 3.63. The summed E-state index contributed by atoms with van der Waals surface area (Å²) in [5.41, 5.74) is 5.67. The molecule has 0 radical (unpaired) electrons. The van der Waals surface area contributed by atoms with E-state index < -0.39 is 10.0 Å². The van der Waals surface area contributed by atoms with E-state index in [1.165, 1.54) is 15.7 Å². The van der Waals surface area contributed by atoms with Crippen LogP contribution in [0.2, 0.25) is 0 Å². The lowest BCUT2D eigenvalue weighted by Crippen LogP contribution is -2.27. The number of hydrogen-bond donors (Lipinski definition) is 2. The number of fused-ring (bicyclic) bond motifs is 1. The molecule has 0 aliphatic rings. The first-order valence-electron chi connectivity index (χ1n) is 5.62. The van der Waals surface area contributed by atoms with Gasteiger partial charge < -0.3 is 5.73 Å². The summed E-state index contributed by atoms with van der Waals surface area (Å²) in [7, 11) is -3.61. The number of nitrogens with zero attached hydrogens (tertiary/aromatic N) is 2. The van der Waals surface area contributed by atoms with Crippen LogP contribution >= 0.6 is 11.3 Å². The van der Waals surface area contributed by atoms with Gasteiger partial charge in [-0.05, 0) is 12.3 Å². The molecule has 18 heavy (non-hydrogen) atoms. The molecule has 6 nitrogen and oxygen atoms in total. The van der Waals surface area contributed by atoms with Crippen molar-refractivity contribution in [2.24, 2.45) is 5.92 Å². The van der Waals surface area contributed by atoms with Crippen molar-refractivity contribution in [2.75, 3.05) is 12.3 Å². The van der Waals surface area contributed by atoms with Crippen LogP contribution in [0.15, 0.2) is 16.6 Å². The molecule has 0 saturated carbocycles. The highest BCUT2D eigenvalue weighted by atomic mass is 32.2. The van der Waals surface area contributed by atoms with Crippen molar-refractivity contribution in [1.82, 2.24) is 14.1 Å². The second-order valence-corrected chi connectivity index (χ2v) is 6.99. The van der Waals surface area contributed by atoms with E-state index in [1.54, 1.807) is 11.6 Å². The molecule has 2 rings (SSSR count). The smallest absolute Gasteiger partial charge is 0.260 e. The van der Waals surface area contributed by atoms with E-state index in [1.807, 2.05) is 13.8 Å². The summed E-state index contributed by atoms with van der Waals surface area (Å²) in [4.78, 5) is 4.60. The monoisotopic (exact) mass is 288 g/mol. The van der Waals surface area contributed by atoms with Crippen LogP contribution in [0.4, 0.5) is 5.82 Å². The number of rotatable bonds is 5. The van der Waals surface area contributed by atoms with Gasteiger partial charge in [-0.3, -0.25) is 4.40 Å². The quantitative estimate of drug-likeness (QED) is 0.868. The third-order valence-electron chi connectivity index (χ3n) is 2.51. The van der Waals surface area contributed by atoms with Crippen LogP contribution in [0.5, 0.6) is 0 Å². The molecule has 0 aliphatic heterocycles. The Hall–Kier alpha value is -1.12. The Morgan fingerprint density at radius 2 is 2.28 bits per heavy atom. The number of hydrogen-bond acceptors (Lipinski definition) is 5. The van der Waals surface area contributed by atoms with Gasteiger partial charge in [0.15, 0.2) is 15.8 Å². The Balaban J connectivity index is 2.29. The van der Waals surface area contributed by atoms with Crippen LogP contribution in [0, 0.1) is 5.92 Å². The molecule has 8 heteroatoms. The minimum atomic E-state index is -3.61. The van der Waals surface area contributed by atoms with Gasteiger partial charge in [0, 0.05) is 18.1 Å². The van der Waals surface area contributed by atoms with E-state index in [2.05, 4.69) is 9.71 Å². The third-order valence-corrected chi connectivity index (χ3v) is 4.77. The van der Waals surface area contributed by atoms with Crippen LogP contribution in [-0.4, -0.2) is 24.3 Å². The molecule has 0 aliphatic carbocycles. The van der Waals surface area contributed by atoms with Gasteiger partial charge in [0.2, 0.25) is 0 Å². The molecule has 2 aromatic rings. The molecule has 0 unspecified atom stereocenters. The van der Waals surface area contributed by atoms with Crippen molar-refractivity contribution in [3.63, 3.8) is 0 Å². The lowest BCUT2D eigenvalue weighted by Gasteiger charge is -2.07. The molecule has 0 atom stereocenters. The lowest BCUT2D eigenvalue weighted by atomic mass is 10.1. The SMILES string of the molecule is CC(C)CCNS(=O)(=O)c1c(N)nc2sccn12. The molecular weight excluding hydrogens is 272 g/mol. The number of thiazole rings is 1. The lowest BCUT2D eigenvalue weighted by molar-refractivity contribution is 0.549. The molecular formula is C10H16N4O2S2. The van der Waals surface area contributed by atoms with Crippen LogP contribution in [-0.2, 0) is 10.0 Å². The topological polar surface area (TPSA) is 89.5 Å². The first-order chi connectivity index (χ1) is 8.42. The Bertz CT molecular complexity index is 642. The maximum absolute atomic E-state index is 12.2. The zero-order valence-corrected chi connectivity index (χ0v) is 11.9. The molecule has 0 fully saturated rings. The third kappa shape index (κ3) is 2.50. The second kappa shape index (κ2) is 4.87. The minimum Gasteiger partial charge on any atom is -0.381 e. The highest BCUT2D eigenvalue weighted by Gasteiger charge is 2.23. The number of nitrogens with two attached hydrogens (primary N) is 1. The van der Waals surface area contributed by atoms with Gasteiger partial charge in [0.25, 0.3) is 10.0 Å². The molecule has 2 aromatic heterocycles. The number of imidazole rings is 1. The van der Waals surface area contributed by atoms with Crippen molar-refractivity contribution in [1.29, 1.82) is 0 Å². The average Bonchev–Trinajstić information content (AvgIpc) is 2.74. The molecule has 100 valence electrons. The first kappa shape index (κ1) is 13.3. The van der Waals surface area contributed by atoms with E-state index in [0.717, 1.165) is 6.42 Å². The standard InChI is InChI=1S/C10H16N4O2S2/c1-7(2)3-4-12-18(15,16)9-8(11)13-10-14(9)5-6-17-10/h5-7,12H,3-4,11H2,1-2H3. The largest absolute Gasteiger partial charge is 0.381 e. The highest BCUT2D eigenvalue weighted by molar-refractivity contribution is 7.89. The zero-order valence-electron chi connectivity index (χ0n) is 10.3. The fourth-order valence-electron chi connectivity index (χ4n) is 1.60. The van der Waals surface area contributed by atoms with Crippen molar-refractivity contribution >= 4 is 32.1 Å². The molecule has 0 amide bonds. The highest BCUT2D eigenvalue weighted by Crippen LogP contribution is 2.23.